The van der Waals surface area contributed by atoms with Crippen LogP contribution in [0, 0.1) is 0 Å². The summed E-state index contributed by atoms with van der Waals surface area (Å²) in [5, 5.41) is 13.3. The van der Waals surface area contributed by atoms with Crippen molar-refractivity contribution in [3.05, 3.63) is 36.5 Å². The van der Waals surface area contributed by atoms with Crippen LogP contribution in [0.5, 0.6) is 0 Å². The molecule has 0 radical (unpaired) electrons. The molecule has 0 fully saturated rings. The van der Waals surface area contributed by atoms with Crippen molar-refractivity contribution in [1.82, 2.24) is 19.7 Å². The van der Waals surface area contributed by atoms with E-state index in [-0.39, 0.29) is 0 Å². The van der Waals surface area contributed by atoms with E-state index in [9.17, 15) is 5.11 Å². The Labute approximate surface area is 81.1 Å². The Hall–Kier alpha value is -1.75. The molecule has 0 aliphatic rings. The minimum atomic E-state index is -0.500. The van der Waals surface area contributed by atoms with E-state index in [2.05, 4.69) is 15.1 Å². The van der Waals surface area contributed by atoms with Crippen molar-refractivity contribution >= 4 is 0 Å². The van der Waals surface area contributed by atoms with Gasteiger partial charge in [-0.2, -0.15) is 5.10 Å². The van der Waals surface area contributed by atoms with Crippen molar-refractivity contribution in [3.8, 4) is 5.82 Å². The second-order valence-electron chi connectivity index (χ2n) is 2.96. The van der Waals surface area contributed by atoms with E-state index in [4.69, 9.17) is 0 Å². The van der Waals surface area contributed by atoms with Gasteiger partial charge >= 0.3 is 0 Å². The molecule has 2 rings (SSSR count). The Morgan fingerprint density at radius 3 is 3.00 bits per heavy atom. The van der Waals surface area contributed by atoms with E-state index in [0.29, 0.717) is 5.82 Å². The van der Waals surface area contributed by atoms with Crippen LogP contribution in [0.4, 0.5) is 0 Å². The number of aromatic nitrogens is 4. The molecule has 0 spiro atoms. The summed E-state index contributed by atoms with van der Waals surface area (Å²) in [6, 6.07) is 3.55. The van der Waals surface area contributed by atoms with Gasteiger partial charge < -0.3 is 5.11 Å². The summed E-state index contributed by atoms with van der Waals surface area (Å²) in [6.45, 7) is 1.71. The van der Waals surface area contributed by atoms with Crippen LogP contribution in [0.3, 0.4) is 0 Å². The lowest BCUT2D eigenvalue weighted by Crippen LogP contribution is -2.00. The molecule has 0 bridgehead atoms. The topological polar surface area (TPSA) is 63.8 Å². The lowest BCUT2D eigenvalue weighted by atomic mass is 10.2. The van der Waals surface area contributed by atoms with Crippen LogP contribution in [0.2, 0.25) is 0 Å². The van der Waals surface area contributed by atoms with E-state index < -0.39 is 6.10 Å². The zero-order valence-electron chi connectivity index (χ0n) is 7.70. The van der Waals surface area contributed by atoms with Gasteiger partial charge in [0.2, 0.25) is 0 Å². The number of nitrogens with zero attached hydrogens (tertiary/aromatic N) is 4. The molecule has 2 heterocycles. The molecular formula is C9H10N4O. The molecule has 72 valence electrons. The molecule has 0 aliphatic carbocycles. The first kappa shape index (κ1) is 8.83. The summed E-state index contributed by atoms with van der Waals surface area (Å²) >= 11 is 0. The van der Waals surface area contributed by atoms with Crippen molar-refractivity contribution in [2.24, 2.45) is 0 Å². The lowest BCUT2D eigenvalue weighted by molar-refractivity contribution is 0.199. The van der Waals surface area contributed by atoms with E-state index in [1.807, 2.05) is 0 Å². The minimum absolute atomic E-state index is 0.500. The van der Waals surface area contributed by atoms with Gasteiger partial charge in [0.1, 0.15) is 12.7 Å². The van der Waals surface area contributed by atoms with Gasteiger partial charge in [0.05, 0.1) is 6.10 Å². The van der Waals surface area contributed by atoms with Gasteiger partial charge in [-0.3, -0.25) is 0 Å². The highest BCUT2D eigenvalue weighted by Crippen LogP contribution is 2.13. The van der Waals surface area contributed by atoms with Crippen molar-refractivity contribution in [1.29, 1.82) is 0 Å². The molecular weight excluding hydrogens is 180 g/mol. The van der Waals surface area contributed by atoms with Crippen LogP contribution < -0.4 is 0 Å². The second kappa shape index (κ2) is 3.55. The first-order valence-corrected chi connectivity index (χ1v) is 4.26. The van der Waals surface area contributed by atoms with E-state index in [1.54, 1.807) is 36.3 Å². The van der Waals surface area contributed by atoms with Crippen LogP contribution in [0.15, 0.2) is 31.0 Å². The van der Waals surface area contributed by atoms with Gasteiger partial charge in [0.25, 0.3) is 0 Å². The third kappa shape index (κ3) is 1.62. The first-order chi connectivity index (χ1) is 6.77. The van der Waals surface area contributed by atoms with E-state index in [0.717, 1.165) is 5.56 Å². The Kier molecular flexibility index (Phi) is 2.24. The molecule has 0 amide bonds. The van der Waals surface area contributed by atoms with Crippen LogP contribution in [0.25, 0.3) is 5.82 Å². The van der Waals surface area contributed by atoms with Crippen LogP contribution >= 0.6 is 0 Å². The number of aliphatic hydroxyl groups is 1. The van der Waals surface area contributed by atoms with E-state index >= 15 is 0 Å². The summed E-state index contributed by atoms with van der Waals surface area (Å²) < 4.78 is 1.55. The summed E-state index contributed by atoms with van der Waals surface area (Å²) in [6.07, 6.45) is 4.14. The summed E-state index contributed by atoms with van der Waals surface area (Å²) in [5.41, 5.74) is 0.811. The molecule has 0 aromatic carbocycles. The third-order valence-corrected chi connectivity index (χ3v) is 1.91. The van der Waals surface area contributed by atoms with Crippen molar-refractivity contribution in [2.75, 3.05) is 0 Å². The van der Waals surface area contributed by atoms with Gasteiger partial charge in [0, 0.05) is 6.20 Å². The SMILES string of the molecule is C[C@H](O)c1ccnc(-n2cncn2)c1. The fraction of sp³-hybridized carbons (Fsp3) is 0.222. The monoisotopic (exact) mass is 190 g/mol. The van der Waals surface area contributed by atoms with Gasteiger partial charge in [-0.25, -0.2) is 14.6 Å². The minimum Gasteiger partial charge on any atom is -0.389 e. The van der Waals surface area contributed by atoms with Crippen LogP contribution in [-0.4, -0.2) is 24.9 Å². The first-order valence-electron chi connectivity index (χ1n) is 4.26. The van der Waals surface area contributed by atoms with Gasteiger partial charge in [-0.1, -0.05) is 0 Å². The molecule has 2 aromatic heterocycles. The summed E-state index contributed by atoms with van der Waals surface area (Å²) in [4.78, 5) is 7.94. The fourth-order valence-electron chi connectivity index (χ4n) is 1.15. The summed E-state index contributed by atoms with van der Waals surface area (Å²) in [5.74, 6) is 0.654. The molecule has 0 saturated carbocycles. The fourth-order valence-corrected chi connectivity index (χ4v) is 1.15. The van der Waals surface area contributed by atoms with Gasteiger partial charge in [-0.15, -0.1) is 0 Å². The molecule has 2 aromatic rings. The Bertz CT molecular complexity index is 411. The number of rotatable bonds is 2. The highest BCUT2D eigenvalue weighted by molar-refractivity contribution is 5.27. The Morgan fingerprint density at radius 2 is 2.36 bits per heavy atom. The van der Waals surface area contributed by atoms with Gasteiger partial charge in [0.15, 0.2) is 5.82 Å². The Balaban J connectivity index is 2.41. The van der Waals surface area contributed by atoms with Crippen molar-refractivity contribution in [3.63, 3.8) is 0 Å². The molecule has 0 unspecified atom stereocenters. The van der Waals surface area contributed by atoms with Crippen molar-refractivity contribution < 1.29 is 5.11 Å². The maximum absolute atomic E-state index is 9.37. The maximum atomic E-state index is 9.37. The highest BCUT2D eigenvalue weighted by atomic mass is 16.3. The largest absolute Gasteiger partial charge is 0.389 e. The molecule has 1 atom stereocenters. The zero-order valence-corrected chi connectivity index (χ0v) is 7.70. The predicted octanol–water partition coefficient (Wildman–Crippen LogP) is 0.716. The predicted molar refractivity (Wildman–Crippen MR) is 49.8 cm³/mol. The summed E-state index contributed by atoms with van der Waals surface area (Å²) in [7, 11) is 0. The smallest absolute Gasteiger partial charge is 0.155 e. The number of aliphatic hydroxyl groups excluding tert-OH is 1. The van der Waals surface area contributed by atoms with Crippen molar-refractivity contribution in [2.45, 2.75) is 13.0 Å². The molecule has 5 nitrogen and oxygen atoms in total. The zero-order chi connectivity index (χ0) is 9.97. The lowest BCUT2D eigenvalue weighted by Gasteiger charge is -2.05. The molecule has 5 heteroatoms. The molecule has 1 N–H and O–H groups in total. The number of hydrogen-bond acceptors (Lipinski definition) is 4. The van der Waals surface area contributed by atoms with Crippen LogP contribution in [0.1, 0.15) is 18.6 Å². The normalized spacial score (nSPS) is 12.7. The average Bonchev–Trinajstić information content (AvgIpc) is 2.71. The average molecular weight is 190 g/mol. The molecule has 0 aliphatic heterocycles. The van der Waals surface area contributed by atoms with E-state index in [1.165, 1.54) is 6.33 Å². The Morgan fingerprint density at radius 1 is 1.50 bits per heavy atom. The quantitative estimate of drug-likeness (QED) is 0.757. The van der Waals surface area contributed by atoms with Crippen LogP contribution in [-0.2, 0) is 0 Å². The maximum Gasteiger partial charge on any atom is 0.155 e. The standard InChI is InChI=1S/C9H10N4O/c1-7(14)8-2-3-11-9(4-8)13-6-10-5-12-13/h2-7,14H,1H3/t7-/m0/s1. The number of hydrogen-bond donors (Lipinski definition) is 1. The highest BCUT2D eigenvalue weighted by Gasteiger charge is 2.03. The number of pyridine rings is 1. The van der Waals surface area contributed by atoms with Gasteiger partial charge in [-0.05, 0) is 24.6 Å². The molecule has 0 saturated heterocycles. The molecule has 14 heavy (non-hydrogen) atoms. The second-order valence-corrected chi connectivity index (χ2v) is 2.96. The third-order valence-electron chi connectivity index (χ3n) is 1.91.